The number of ether oxygens (including phenoxy) is 1. The van der Waals surface area contributed by atoms with Crippen LogP contribution in [0.1, 0.15) is 63.4 Å². The molecule has 5 rings (SSSR count). The summed E-state index contributed by atoms with van der Waals surface area (Å²) in [7, 11) is 0. The average molecular weight is 501 g/mol. The van der Waals surface area contributed by atoms with Crippen LogP contribution in [-0.2, 0) is 17.9 Å². The maximum absolute atomic E-state index is 11.6. The molecule has 0 bridgehead atoms. The summed E-state index contributed by atoms with van der Waals surface area (Å²) in [5.74, 6) is 1.91. The first kappa shape index (κ1) is 25.1. The Balaban J connectivity index is 1.27. The molecule has 37 heavy (non-hydrogen) atoms. The molecule has 0 unspecified atom stereocenters. The number of aromatic nitrogens is 3. The van der Waals surface area contributed by atoms with E-state index in [0.29, 0.717) is 6.61 Å². The van der Waals surface area contributed by atoms with Gasteiger partial charge in [0, 0.05) is 56.9 Å². The lowest BCUT2D eigenvalue weighted by molar-refractivity contribution is -0.129. The first-order valence-electron chi connectivity index (χ1n) is 13.6. The van der Waals surface area contributed by atoms with Gasteiger partial charge in [-0.3, -0.25) is 4.79 Å². The van der Waals surface area contributed by atoms with Crippen molar-refractivity contribution in [2.75, 3.05) is 31.1 Å². The van der Waals surface area contributed by atoms with Gasteiger partial charge in [-0.15, -0.1) is 0 Å². The van der Waals surface area contributed by atoms with Crippen molar-refractivity contribution in [3.05, 3.63) is 48.0 Å². The number of aryl methyl sites for hydroxylation is 1. The molecular formula is C29H36N6O2. The second kappa shape index (κ2) is 11.6. The van der Waals surface area contributed by atoms with Crippen LogP contribution in [0.2, 0.25) is 0 Å². The van der Waals surface area contributed by atoms with Crippen molar-refractivity contribution in [3.63, 3.8) is 0 Å². The molecule has 0 N–H and O–H groups in total. The number of nitriles is 1. The molecule has 1 saturated heterocycles. The van der Waals surface area contributed by atoms with Crippen molar-refractivity contribution < 1.29 is 9.53 Å². The van der Waals surface area contributed by atoms with E-state index in [1.165, 1.54) is 38.5 Å². The molecule has 3 heterocycles. The molecule has 1 aromatic carbocycles. The summed E-state index contributed by atoms with van der Waals surface area (Å²) in [5, 5.41) is 10.3. The topological polar surface area (TPSA) is 87.3 Å². The lowest BCUT2D eigenvalue weighted by atomic mass is 9.97. The van der Waals surface area contributed by atoms with E-state index < -0.39 is 0 Å². The maximum Gasteiger partial charge on any atom is 0.234 e. The smallest absolute Gasteiger partial charge is 0.234 e. The van der Waals surface area contributed by atoms with Gasteiger partial charge in [0.25, 0.3) is 0 Å². The molecule has 8 heteroatoms. The minimum atomic E-state index is 0.143. The van der Waals surface area contributed by atoms with Crippen molar-refractivity contribution in [2.24, 2.45) is 5.92 Å². The van der Waals surface area contributed by atoms with E-state index in [9.17, 15) is 10.1 Å². The molecule has 0 radical (unpaired) electrons. The maximum atomic E-state index is 11.6. The molecule has 3 aromatic rings. The Labute approximate surface area is 218 Å². The minimum Gasteiger partial charge on any atom is -0.487 e. The molecule has 8 nitrogen and oxygen atoms in total. The zero-order chi connectivity index (χ0) is 25.6. The fraction of sp³-hybridized carbons (Fsp3) is 0.517. The number of hydrogen-bond acceptors (Lipinski definition) is 6. The number of carbonyl (C=O) groups excluding carboxylic acids is 1. The zero-order valence-corrected chi connectivity index (χ0v) is 21.7. The summed E-state index contributed by atoms with van der Waals surface area (Å²) < 4.78 is 8.44. The van der Waals surface area contributed by atoms with Crippen molar-refractivity contribution in [3.8, 4) is 11.8 Å². The summed E-state index contributed by atoms with van der Waals surface area (Å²) in [4.78, 5) is 24.5. The highest BCUT2D eigenvalue weighted by Crippen LogP contribution is 2.28. The summed E-state index contributed by atoms with van der Waals surface area (Å²) in [6, 6.07) is 12.4. The van der Waals surface area contributed by atoms with Crippen LogP contribution in [0.15, 0.2) is 36.5 Å². The van der Waals surface area contributed by atoms with Crippen molar-refractivity contribution >= 4 is 22.6 Å². The molecular weight excluding hydrogens is 464 g/mol. The number of anilines is 1. The van der Waals surface area contributed by atoms with Gasteiger partial charge in [-0.2, -0.15) is 5.26 Å². The van der Waals surface area contributed by atoms with Gasteiger partial charge in [0.15, 0.2) is 0 Å². The standard InChI is InChI=1S/C29H36N6O2/c1-22(36)33-14-16-34(17-15-33)25-8-10-27(11-9-25)37-21-26-18-24-20-31-28(19-30)32-29(24)35(26)13-12-23-6-4-2-3-5-7-23/h8-11,18,20,23H,2-7,12-17,21H2,1H3. The predicted octanol–water partition coefficient (Wildman–Crippen LogP) is 4.91. The Bertz CT molecular complexity index is 1250. The normalized spacial score (nSPS) is 17.0. The number of fused-ring (bicyclic) bond motifs is 1. The summed E-state index contributed by atoms with van der Waals surface area (Å²) in [6.07, 6.45) is 10.8. The third-order valence-corrected chi connectivity index (χ3v) is 7.87. The van der Waals surface area contributed by atoms with Crippen LogP contribution in [0, 0.1) is 17.2 Å². The first-order valence-corrected chi connectivity index (χ1v) is 13.6. The van der Waals surface area contributed by atoms with Gasteiger partial charge in [-0.05, 0) is 42.7 Å². The zero-order valence-electron chi connectivity index (χ0n) is 21.7. The fourth-order valence-corrected chi connectivity index (χ4v) is 5.67. The highest BCUT2D eigenvalue weighted by atomic mass is 16.5. The number of amides is 1. The van der Waals surface area contributed by atoms with Gasteiger partial charge >= 0.3 is 0 Å². The van der Waals surface area contributed by atoms with Gasteiger partial charge in [0.1, 0.15) is 24.1 Å². The Hall–Kier alpha value is -3.60. The number of carbonyl (C=O) groups is 1. The minimum absolute atomic E-state index is 0.143. The lowest BCUT2D eigenvalue weighted by Crippen LogP contribution is -2.48. The van der Waals surface area contributed by atoms with Crippen molar-refractivity contribution in [1.29, 1.82) is 5.26 Å². The van der Waals surface area contributed by atoms with Gasteiger partial charge in [0.2, 0.25) is 11.7 Å². The Morgan fingerprint density at radius 1 is 1.08 bits per heavy atom. The lowest BCUT2D eigenvalue weighted by Gasteiger charge is -2.35. The molecule has 194 valence electrons. The fourth-order valence-electron chi connectivity index (χ4n) is 5.67. The molecule has 0 atom stereocenters. The number of piperazine rings is 1. The predicted molar refractivity (Wildman–Crippen MR) is 143 cm³/mol. The second-order valence-corrected chi connectivity index (χ2v) is 10.3. The van der Waals surface area contributed by atoms with Gasteiger partial charge in [-0.1, -0.05) is 38.5 Å². The van der Waals surface area contributed by atoms with Crippen molar-refractivity contribution in [1.82, 2.24) is 19.4 Å². The van der Waals surface area contributed by atoms with E-state index in [4.69, 9.17) is 4.74 Å². The number of benzene rings is 1. The van der Waals surface area contributed by atoms with Crippen LogP contribution >= 0.6 is 0 Å². The van der Waals surface area contributed by atoms with Crippen LogP contribution in [0.25, 0.3) is 11.0 Å². The Morgan fingerprint density at radius 2 is 1.81 bits per heavy atom. The van der Waals surface area contributed by atoms with Crippen LogP contribution in [-0.4, -0.2) is 51.5 Å². The first-order chi connectivity index (χ1) is 18.1. The molecule has 1 aliphatic carbocycles. The average Bonchev–Trinajstić information content (AvgIpc) is 3.07. The quantitative estimate of drug-likeness (QED) is 0.429. The monoisotopic (exact) mass is 500 g/mol. The van der Waals surface area contributed by atoms with E-state index >= 15 is 0 Å². The largest absolute Gasteiger partial charge is 0.487 e. The van der Waals surface area contributed by atoms with Crippen LogP contribution in [0.4, 0.5) is 5.69 Å². The molecule has 1 aliphatic heterocycles. The SMILES string of the molecule is CC(=O)N1CCN(c2ccc(OCc3cc4cnc(C#N)nc4n3CCC3CCCCCC3)cc2)CC1. The second-order valence-electron chi connectivity index (χ2n) is 10.3. The number of rotatable bonds is 7. The van der Waals surface area contributed by atoms with Crippen LogP contribution in [0.5, 0.6) is 5.75 Å². The van der Waals surface area contributed by atoms with E-state index in [1.807, 2.05) is 17.0 Å². The Kier molecular flexibility index (Phi) is 7.88. The van der Waals surface area contributed by atoms with E-state index in [-0.39, 0.29) is 11.7 Å². The summed E-state index contributed by atoms with van der Waals surface area (Å²) >= 11 is 0. The van der Waals surface area contributed by atoms with Crippen LogP contribution < -0.4 is 9.64 Å². The van der Waals surface area contributed by atoms with E-state index in [0.717, 1.165) is 73.2 Å². The molecule has 1 amide bonds. The summed E-state index contributed by atoms with van der Waals surface area (Å²) in [6.45, 7) is 6.14. The number of hydrogen-bond donors (Lipinski definition) is 0. The highest BCUT2D eigenvalue weighted by Gasteiger charge is 2.19. The highest BCUT2D eigenvalue weighted by molar-refractivity contribution is 5.77. The number of nitrogens with zero attached hydrogens (tertiary/aromatic N) is 6. The summed E-state index contributed by atoms with van der Waals surface area (Å²) in [5.41, 5.74) is 3.02. The molecule has 0 spiro atoms. The molecule has 2 aliphatic rings. The molecule has 2 fully saturated rings. The van der Waals surface area contributed by atoms with Gasteiger partial charge in [-0.25, -0.2) is 9.97 Å². The van der Waals surface area contributed by atoms with E-state index in [2.05, 4.69) is 43.7 Å². The third-order valence-electron chi connectivity index (χ3n) is 7.87. The van der Waals surface area contributed by atoms with Crippen LogP contribution in [0.3, 0.4) is 0 Å². The van der Waals surface area contributed by atoms with Gasteiger partial charge in [0.05, 0.1) is 5.69 Å². The molecule has 1 saturated carbocycles. The van der Waals surface area contributed by atoms with Crippen molar-refractivity contribution in [2.45, 2.75) is 65.0 Å². The Morgan fingerprint density at radius 3 is 2.49 bits per heavy atom. The molecule has 2 aromatic heterocycles. The third kappa shape index (κ3) is 6.04. The van der Waals surface area contributed by atoms with E-state index in [1.54, 1.807) is 13.1 Å². The van der Waals surface area contributed by atoms with Gasteiger partial charge < -0.3 is 19.1 Å².